The van der Waals surface area contributed by atoms with E-state index in [0.29, 0.717) is 18.5 Å². The van der Waals surface area contributed by atoms with Crippen molar-refractivity contribution in [2.45, 2.75) is 40.2 Å². The van der Waals surface area contributed by atoms with Crippen molar-refractivity contribution in [2.75, 3.05) is 13.1 Å². The maximum absolute atomic E-state index is 12.9. The number of unbranched alkanes of at least 4 members (excludes halogenated alkanes) is 1. The number of urea groups is 1. The predicted molar refractivity (Wildman–Crippen MR) is 108 cm³/mol. The molecule has 1 aliphatic heterocycles. The maximum Gasteiger partial charge on any atom is 0.334 e. The number of Topliss-reactive ketones (excluding diaryl/α,β-unsaturated/α-hetero) is 1. The number of rotatable bonds is 8. The van der Waals surface area contributed by atoms with Crippen LogP contribution in [0.2, 0.25) is 0 Å². The van der Waals surface area contributed by atoms with Crippen molar-refractivity contribution >= 4 is 23.6 Å². The van der Waals surface area contributed by atoms with Crippen LogP contribution in [-0.2, 0) is 16.1 Å². The number of hydrogen-bond acceptors (Lipinski definition) is 4. The van der Waals surface area contributed by atoms with Crippen LogP contribution < -0.4 is 0 Å². The largest absolute Gasteiger partial charge is 0.344 e. The van der Waals surface area contributed by atoms with Gasteiger partial charge in [-0.3, -0.25) is 19.3 Å². The number of imide groups is 2. The maximum atomic E-state index is 12.9. The van der Waals surface area contributed by atoms with Gasteiger partial charge in [-0.2, -0.15) is 0 Å². The summed E-state index contributed by atoms with van der Waals surface area (Å²) in [5, 5.41) is 0. The number of benzene rings is 1. The Morgan fingerprint density at radius 2 is 1.62 bits per heavy atom. The van der Waals surface area contributed by atoms with E-state index in [4.69, 9.17) is 0 Å². The van der Waals surface area contributed by atoms with Crippen LogP contribution in [-0.4, -0.2) is 51.1 Å². The molecule has 152 valence electrons. The third kappa shape index (κ3) is 3.99. The third-order valence-electron chi connectivity index (χ3n) is 5.23. The lowest BCUT2D eigenvalue weighted by molar-refractivity contribution is -0.143. The molecular formula is C22H25N3O4. The van der Waals surface area contributed by atoms with Gasteiger partial charge in [0.2, 0.25) is 0 Å². The van der Waals surface area contributed by atoms with Gasteiger partial charge in [0, 0.05) is 30.0 Å². The van der Waals surface area contributed by atoms with E-state index >= 15 is 0 Å². The number of ketones is 1. The summed E-state index contributed by atoms with van der Waals surface area (Å²) >= 11 is 0. The molecule has 0 unspecified atom stereocenters. The van der Waals surface area contributed by atoms with Crippen molar-refractivity contribution in [3.8, 4) is 0 Å². The highest BCUT2D eigenvalue weighted by Gasteiger charge is 2.44. The Bertz CT molecular complexity index is 962. The van der Waals surface area contributed by atoms with Crippen molar-refractivity contribution in [3.63, 3.8) is 0 Å². The molecule has 0 atom stereocenters. The van der Waals surface area contributed by atoms with Crippen LogP contribution in [0.15, 0.2) is 36.4 Å². The monoisotopic (exact) mass is 395 g/mol. The van der Waals surface area contributed by atoms with Gasteiger partial charge in [-0.05, 0) is 31.9 Å². The summed E-state index contributed by atoms with van der Waals surface area (Å²) < 4.78 is 2.02. The lowest BCUT2D eigenvalue weighted by atomic mass is 10.1. The van der Waals surface area contributed by atoms with Crippen LogP contribution in [0, 0.1) is 13.8 Å². The molecule has 2 aromatic rings. The Labute approximate surface area is 169 Å². The molecule has 0 saturated carbocycles. The second-order valence-electron chi connectivity index (χ2n) is 7.26. The van der Waals surface area contributed by atoms with E-state index in [1.807, 2.05) is 55.7 Å². The highest BCUT2D eigenvalue weighted by molar-refractivity contribution is 6.45. The fraction of sp³-hybridized carbons (Fsp3) is 0.364. The van der Waals surface area contributed by atoms with Gasteiger partial charge in [0.05, 0.1) is 6.54 Å². The molecule has 3 rings (SSSR count). The molecule has 1 aromatic heterocycles. The van der Waals surface area contributed by atoms with Gasteiger partial charge in [-0.25, -0.2) is 9.69 Å². The molecule has 4 amide bonds. The first-order valence-electron chi connectivity index (χ1n) is 9.76. The van der Waals surface area contributed by atoms with Crippen molar-refractivity contribution < 1.29 is 19.2 Å². The number of carbonyl (C=O) groups is 4. The quantitative estimate of drug-likeness (QED) is 0.391. The predicted octanol–water partition coefficient (Wildman–Crippen LogP) is 2.93. The van der Waals surface area contributed by atoms with Crippen LogP contribution in [0.4, 0.5) is 4.79 Å². The number of aryl methyl sites for hydroxylation is 1. The van der Waals surface area contributed by atoms with E-state index in [1.165, 1.54) is 0 Å². The minimum absolute atomic E-state index is 0.191. The number of aromatic nitrogens is 1. The SMILES string of the molecule is CCCCN1C(=O)C(=O)N(CC(=O)c2cc(C)n(Cc3ccccc3)c2C)C1=O. The zero-order valence-corrected chi connectivity index (χ0v) is 17.0. The van der Waals surface area contributed by atoms with Gasteiger partial charge in [-0.1, -0.05) is 43.7 Å². The summed E-state index contributed by atoms with van der Waals surface area (Å²) in [6.45, 7) is 6.07. The fourth-order valence-corrected chi connectivity index (χ4v) is 3.52. The molecule has 0 aliphatic carbocycles. The Kier molecular flexibility index (Phi) is 5.96. The fourth-order valence-electron chi connectivity index (χ4n) is 3.52. The van der Waals surface area contributed by atoms with Crippen LogP contribution in [0.5, 0.6) is 0 Å². The van der Waals surface area contributed by atoms with E-state index in [1.54, 1.807) is 6.07 Å². The molecule has 1 aliphatic rings. The average Bonchev–Trinajstić information content (AvgIpc) is 3.10. The van der Waals surface area contributed by atoms with Gasteiger partial charge in [0.15, 0.2) is 5.78 Å². The molecule has 0 radical (unpaired) electrons. The Balaban J connectivity index is 1.78. The molecule has 0 N–H and O–H groups in total. The summed E-state index contributed by atoms with van der Waals surface area (Å²) in [6.07, 6.45) is 1.41. The van der Waals surface area contributed by atoms with E-state index in [2.05, 4.69) is 0 Å². The second-order valence-corrected chi connectivity index (χ2v) is 7.26. The molecule has 0 spiro atoms. The van der Waals surface area contributed by atoms with Crippen LogP contribution in [0.1, 0.15) is 47.1 Å². The average molecular weight is 395 g/mol. The summed E-state index contributed by atoms with van der Waals surface area (Å²) in [5.41, 5.74) is 3.24. The van der Waals surface area contributed by atoms with Crippen LogP contribution >= 0.6 is 0 Å². The van der Waals surface area contributed by atoms with E-state index < -0.39 is 24.4 Å². The minimum Gasteiger partial charge on any atom is -0.344 e. The first-order chi connectivity index (χ1) is 13.8. The topological polar surface area (TPSA) is 79.7 Å². The summed E-state index contributed by atoms with van der Waals surface area (Å²) in [7, 11) is 0. The number of hydrogen-bond donors (Lipinski definition) is 0. The van der Waals surface area contributed by atoms with Gasteiger partial charge in [0.25, 0.3) is 0 Å². The van der Waals surface area contributed by atoms with Crippen molar-refractivity contribution in [2.24, 2.45) is 0 Å². The highest BCUT2D eigenvalue weighted by Crippen LogP contribution is 2.20. The standard InChI is InChI=1S/C22H25N3O4/c1-4-5-11-23-20(27)21(28)25(22(23)29)14-19(26)18-12-15(2)24(16(18)3)13-17-9-7-6-8-10-17/h6-10,12H,4-5,11,13-14H2,1-3H3. The number of amides is 4. The number of carbonyl (C=O) groups excluding carboxylic acids is 4. The molecule has 1 aromatic carbocycles. The Hall–Kier alpha value is -3.22. The van der Waals surface area contributed by atoms with Crippen molar-refractivity contribution in [3.05, 3.63) is 58.9 Å². The molecular weight excluding hydrogens is 370 g/mol. The van der Waals surface area contributed by atoms with Crippen molar-refractivity contribution in [1.82, 2.24) is 14.4 Å². The second kappa shape index (κ2) is 8.43. The molecule has 2 heterocycles. The van der Waals surface area contributed by atoms with E-state index in [9.17, 15) is 19.2 Å². The van der Waals surface area contributed by atoms with Crippen LogP contribution in [0.3, 0.4) is 0 Å². The minimum atomic E-state index is -0.933. The molecule has 7 nitrogen and oxygen atoms in total. The highest BCUT2D eigenvalue weighted by atomic mass is 16.2. The molecule has 1 saturated heterocycles. The Morgan fingerprint density at radius 1 is 0.966 bits per heavy atom. The zero-order chi connectivity index (χ0) is 21.1. The van der Waals surface area contributed by atoms with E-state index in [0.717, 1.165) is 33.2 Å². The summed E-state index contributed by atoms with van der Waals surface area (Å²) in [4.78, 5) is 51.3. The molecule has 29 heavy (non-hydrogen) atoms. The first kappa shape index (κ1) is 20.5. The lowest BCUT2D eigenvalue weighted by Crippen LogP contribution is -2.37. The molecule has 0 bridgehead atoms. The van der Waals surface area contributed by atoms with Gasteiger partial charge in [-0.15, -0.1) is 0 Å². The van der Waals surface area contributed by atoms with Gasteiger partial charge < -0.3 is 4.57 Å². The van der Waals surface area contributed by atoms with Crippen LogP contribution in [0.25, 0.3) is 0 Å². The first-order valence-corrected chi connectivity index (χ1v) is 9.76. The Morgan fingerprint density at radius 3 is 2.28 bits per heavy atom. The zero-order valence-electron chi connectivity index (χ0n) is 17.0. The molecule has 7 heteroatoms. The third-order valence-corrected chi connectivity index (χ3v) is 5.23. The van der Waals surface area contributed by atoms with Crippen molar-refractivity contribution in [1.29, 1.82) is 0 Å². The summed E-state index contributed by atoms with van der Waals surface area (Å²) in [6, 6.07) is 10.9. The number of nitrogens with zero attached hydrogens (tertiary/aromatic N) is 3. The molecule has 1 fully saturated rings. The smallest absolute Gasteiger partial charge is 0.334 e. The van der Waals surface area contributed by atoms with Gasteiger partial charge >= 0.3 is 17.8 Å². The van der Waals surface area contributed by atoms with Gasteiger partial charge in [0.1, 0.15) is 0 Å². The van der Waals surface area contributed by atoms with E-state index in [-0.39, 0.29) is 12.3 Å². The summed E-state index contributed by atoms with van der Waals surface area (Å²) in [5.74, 6) is -2.15. The lowest BCUT2D eigenvalue weighted by Gasteiger charge is -2.15. The normalized spacial score (nSPS) is 14.2.